The van der Waals surface area contributed by atoms with E-state index in [0.717, 1.165) is 5.56 Å². The third kappa shape index (κ3) is 4.99. The second kappa shape index (κ2) is 9.62. The summed E-state index contributed by atoms with van der Waals surface area (Å²) in [7, 11) is -3.70. The third-order valence-corrected chi connectivity index (χ3v) is 7.95. The molecule has 1 N–H and O–H groups in total. The molecule has 0 bridgehead atoms. The molecular formula is C22H22Cl2N4O3S. The number of hydrogen-bond acceptors (Lipinski definition) is 4. The van der Waals surface area contributed by atoms with Crippen LogP contribution < -0.4 is 5.32 Å². The predicted molar refractivity (Wildman–Crippen MR) is 124 cm³/mol. The zero-order valence-corrected chi connectivity index (χ0v) is 19.4. The molecular weight excluding hydrogens is 471 g/mol. The van der Waals surface area contributed by atoms with Gasteiger partial charge in [-0.2, -0.15) is 9.40 Å². The topological polar surface area (TPSA) is 84.3 Å². The summed E-state index contributed by atoms with van der Waals surface area (Å²) in [5.41, 5.74) is 0.881. The van der Waals surface area contributed by atoms with Crippen molar-refractivity contribution in [3.63, 3.8) is 0 Å². The number of nitrogens with zero attached hydrogens (tertiary/aromatic N) is 3. The Labute approximate surface area is 197 Å². The highest BCUT2D eigenvalue weighted by molar-refractivity contribution is 7.89. The van der Waals surface area contributed by atoms with E-state index in [2.05, 4.69) is 10.4 Å². The summed E-state index contributed by atoms with van der Waals surface area (Å²) in [6.45, 7) is 0.901. The van der Waals surface area contributed by atoms with Crippen LogP contribution in [-0.4, -0.2) is 41.5 Å². The van der Waals surface area contributed by atoms with Crippen LogP contribution in [0, 0.1) is 5.92 Å². The molecule has 1 fully saturated rings. The molecule has 168 valence electrons. The van der Waals surface area contributed by atoms with Crippen molar-refractivity contribution in [1.82, 2.24) is 14.1 Å². The number of nitrogens with one attached hydrogen (secondary N) is 1. The highest BCUT2D eigenvalue weighted by Gasteiger charge is 2.33. The maximum atomic E-state index is 13.0. The third-order valence-electron chi connectivity index (χ3n) is 5.45. The lowest BCUT2D eigenvalue weighted by atomic mass is 9.99. The lowest BCUT2D eigenvalue weighted by Crippen LogP contribution is -2.43. The first-order valence-corrected chi connectivity index (χ1v) is 12.4. The van der Waals surface area contributed by atoms with Crippen molar-refractivity contribution in [2.75, 3.05) is 18.4 Å². The predicted octanol–water partition coefficient (Wildman–Crippen LogP) is 4.28. The fourth-order valence-electron chi connectivity index (χ4n) is 3.71. The van der Waals surface area contributed by atoms with Gasteiger partial charge < -0.3 is 5.32 Å². The average Bonchev–Trinajstić information content (AvgIpc) is 3.22. The second-order valence-electron chi connectivity index (χ2n) is 7.61. The number of aromatic nitrogens is 2. The Morgan fingerprint density at radius 3 is 2.59 bits per heavy atom. The Morgan fingerprint density at radius 1 is 1.09 bits per heavy atom. The number of carbonyl (C=O) groups is 1. The molecule has 3 aromatic rings. The van der Waals surface area contributed by atoms with Gasteiger partial charge in [0.2, 0.25) is 15.9 Å². The first kappa shape index (κ1) is 22.8. The second-order valence-corrected chi connectivity index (χ2v) is 10.4. The molecule has 1 aromatic heterocycles. The summed E-state index contributed by atoms with van der Waals surface area (Å²) in [4.78, 5) is 13.1. The Bertz CT molecular complexity index is 1210. The van der Waals surface area contributed by atoms with Crippen LogP contribution in [0.25, 0.3) is 0 Å². The van der Waals surface area contributed by atoms with Gasteiger partial charge in [0.25, 0.3) is 0 Å². The fourth-order valence-corrected chi connectivity index (χ4v) is 5.56. The Balaban J connectivity index is 1.45. The van der Waals surface area contributed by atoms with Gasteiger partial charge in [0, 0.05) is 29.2 Å². The average molecular weight is 493 g/mol. The molecule has 1 saturated heterocycles. The van der Waals surface area contributed by atoms with Gasteiger partial charge in [-0.3, -0.25) is 4.79 Å². The molecule has 10 heteroatoms. The minimum Gasteiger partial charge on any atom is -0.311 e. The molecule has 1 unspecified atom stereocenters. The van der Waals surface area contributed by atoms with Gasteiger partial charge >= 0.3 is 0 Å². The number of carbonyl (C=O) groups excluding carboxylic acids is 1. The summed E-state index contributed by atoms with van der Waals surface area (Å²) < 4.78 is 29.0. The summed E-state index contributed by atoms with van der Waals surface area (Å²) >= 11 is 12.1. The molecule has 1 aliphatic heterocycles. The molecule has 1 amide bonds. The standard InChI is InChI=1S/C22H22Cl2N4O3S/c23-18-7-9-19(10-8-18)32(30,31)27-13-3-5-17(14-27)22(29)26-21-11-12-25-28(21)15-16-4-1-2-6-20(16)24/h1-2,4,6-12,17H,3,5,13-15H2,(H,26,29). The van der Waals surface area contributed by atoms with Crippen molar-refractivity contribution < 1.29 is 13.2 Å². The van der Waals surface area contributed by atoms with Gasteiger partial charge in [0.05, 0.1) is 23.6 Å². The van der Waals surface area contributed by atoms with Crippen LogP contribution in [-0.2, 0) is 21.4 Å². The molecule has 2 heterocycles. The lowest BCUT2D eigenvalue weighted by Gasteiger charge is -2.31. The SMILES string of the molecule is O=C(Nc1ccnn1Cc1ccccc1Cl)C1CCCN(S(=O)(=O)c2ccc(Cl)cc2)C1. The largest absolute Gasteiger partial charge is 0.311 e. The number of anilines is 1. The molecule has 0 saturated carbocycles. The molecule has 4 rings (SSSR count). The Morgan fingerprint density at radius 2 is 1.84 bits per heavy atom. The molecule has 1 aliphatic rings. The van der Waals surface area contributed by atoms with E-state index in [9.17, 15) is 13.2 Å². The van der Waals surface area contributed by atoms with Gasteiger partial charge in [-0.25, -0.2) is 13.1 Å². The molecule has 1 atom stereocenters. The van der Waals surface area contributed by atoms with Crippen LogP contribution in [0.2, 0.25) is 10.0 Å². The van der Waals surface area contributed by atoms with E-state index < -0.39 is 15.9 Å². The number of hydrogen-bond donors (Lipinski definition) is 1. The zero-order chi connectivity index (χ0) is 22.7. The van der Waals surface area contributed by atoms with Crippen LogP contribution in [0.4, 0.5) is 5.82 Å². The number of rotatable bonds is 6. The minimum atomic E-state index is -3.70. The summed E-state index contributed by atoms with van der Waals surface area (Å²) in [5.74, 6) is -0.163. The van der Waals surface area contributed by atoms with E-state index in [1.54, 1.807) is 35.1 Å². The van der Waals surface area contributed by atoms with Gasteiger partial charge in [-0.05, 0) is 48.7 Å². The van der Waals surface area contributed by atoms with E-state index in [-0.39, 0.29) is 17.3 Å². The zero-order valence-electron chi connectivity index (χ0n) is 17.1. The molecule has 0 radical (unpaired) electrons. The highest BCUT2D eigenvalue weighted by atomic mass is 35.5. The molecule has 32 heavy (non-hydrogen) atoms. The smallest absolute Gasteiger partial charge is 0.243 e. The van der Waals surface area contributed by atoms with E-state index in [0.29, 0.717) is 41.8 Å². The van der Waals surface area contributed by atoms with Crippen molar-refractivity contribution >= 4 is 45.0 Å². The van der Waals surface area contributed by atoms with Crippen molar-refractivity contribution in [3.05, 3.63) is 76.4 Å². The maximum absolute atomic E-state index is 13.0. The van der Waals surface area contributed by atoms with E-state index >= 15 is 0 Å². The van der Waals surface area contributed by atoms with Gasteiger partial charge in [0.15, 0.2) is 0 Å². The number of benzene rings is 2. The van der Waals surface area contributed by atoms with Crippen molar-refractivity contribution in [1.29, 1.82) is 0 Å². The Kier molecular flexibility index (Phi) is 6.85. The van der Waals surface area contributed by atoms with E-state index in [4.69, 9.17) is 23.2 Å². The van der Waals surface area contributed by atoms with Crippen molar-refractivity contribution in [3.8, 4) is 0 Å². The van der Waals surface area contributed by atoms with Crippen LogP contribution in [0.5, 0.6) is 0 Å². The molecule has 0 aliphatic carbocycles. The van der Waals surface area contributed by atoms with Gasteiger partial charge in [0.1, 0.15) is 5.82 Å². The quantitative estimate of drug-likeness (QED) is 0.556. The van der Waals surface area contributed by atoms with Crippen LogP contribution in [0.3, 0.4) is 0 Å². The van der Waals surface area contributed by atoms with Crippen molar-refractivity contribution in [2.45, 2.75) is 24.3 Å². The lowest BCUT2D eigenvalue weighted by molar-refractivity contribution is -0.120. The van der Waals surface area contributed by atoms with Crippen molar-refractivity contribution in [2.24, 2.45) is 5.92 Å². The highest BCUT2D eigenvalue weighted by Crippen LogP contribution is 2.26. The van der Waals surface area contributed by atoms with E-state index in [1.807, 2.05) is 18.2 Å². The van der Waals surface area contributed by atoms with Crippen LogP contribution in [0.15, 0.2) is 65.7 Å². The van der Waals surface area contributed by atoms with E-state index in [1.165, 1.54) is 16.4 Å². The number of halogens is 2. The maximum Gasteiger partial charge on any atom is 0.243 e. The van der Waals surface area contributed by atoms with Crippen LogP contribution >= 0.6 is 23.2 Å². The number of piperidine rings is 1. The first-order valence-electron chi connectivity index (χ1n) is 10.2. The van der Waals surface area contributed by atoms with Crippen LogP contribution in [0.1, 0.15) is 18.4 Å². The number of sulfonamides is 1. The molecule has 0 spiro atoms. The summed E-state index contributed by atoms with van der Waals surface area (Å²) in [6, 6.07) is 15.2. The summed E-state index contributed by atoms with van der Waals surface area (Å²) in [5, 5.41) is 8.26. The number of amides is 1. The Hall–Kier alpha value is -2.39. The first-order chi connectivity index (χ1) is 15.3. The molecule has 7 nitrogen and oxygen atoms in total. The normalized spacial score (nSPS) is 17.2. The molecule has 2 aromatic carbocycles. The monoisotopic (exact) mass is 492 g/mol. The van der Waals surface area contributed by atoms with Gasteiger partial charge in [-0.1, -0.05) is 41.4 Å². The minimum absolute atomic E-state index is 0.120. The van der Waals surface area contributed by atoms with Gasteiger partial charge in [-0.15, -0.1) is 0 Å². The summed E-state index contributed by atoms with van der Waals surface area (Å²) in [6.07, 6.45) is 2.81. The fraction of sp³-hybridized carbons (Fsp3) is 0.273.